The second kappa shape index (κ2) is 10.9. The van der Waals surface area contributed by atoms with Crippen molar-refractivity contribution in [3.63, 3.8) is 0 Å². The Hall–Kier alpha value is -3.32. The molecule has 29 heavy (non-hydrogen) atoms. The zero-order chi connectivity index (χ0) is 21.2. The van der Waals surface area contributed by atoms with E-state index in [2.05, 4.69) is 11.9 Å². The number of hydrogen-bond acceptors (Lipinski definition) is 4. The molecule has 0 aliphatic heterocycles. The molecule has 0 bridgehead atoms. The predicted molar refractivity (Wildman–Crippen MR) is 111 cm³/mol. The highest BCUT2D eigenvalue weighted by molar-refractivity contribution is 6.30. The minimum absolute atomic E-state index is 0.190. The molecule has 0 fully saturated rings. The molecule has 0 radical (unpaired) electrons. The van der Waals surface area contributed by atoms with Gasteiger partial charge in [-0.05, 0) is 29.8 Å². The van der Waals surface area contributed by atoms with E-state index in [0.717, 1.165) is 0 Å². The van der Waals surface area contributed by atoms with Gasteiger partial charge < -0.3 is 20.7 Å². The Balaban J connectivity index is 2.00. The first-order valence-corrected chi connectivity index (χ1v) is 9.22. The fraction of sp³-hybridized carbons (Fsp3) is 0.190. The van der Waals surface area contributed by atoms with Crippen LogP contribution in [0.4, 0.5) is 10.5 Å². The normalized spacial score (nSPS) is 11.2. The Morgan fingerprint density at radius 3 is 2.38 bits per heavy atom. The van der Waals surface area contributed by atoms with Crippen LogP contribution in [0.3, 0.4) is 0 Å². The van der Waals surface area contributed by atoms with Gasteiger partial charge in [0.2, 0.25) is 0 Å². The zero-order valence-corrected chi connectivity index (χ0v) is 16.5. The van der Waals surface area contributed by atoms with Crippen LogP contribution >= 0.6 is 11.6 Å². The molecule has 0 aliphatic rings. The summed E-state index contributed by atoms with van der Waals surface area (Å²) in [4.78, 5) is 37.5. The molecular formula is C21H22ClN3O4. The number of ether oxygens (including phenoxy) is 1. The van der Waals surface area contributed by atoms with Crippen molar-refractivity contribution in [3.05, 3.63) is 77.8 Å². The van der Waals surface area contributed by atoms with Crippen LogP contribution in [0.15, 0.2) is 67.3 Å². The quantitative estimate of drug-likeness (QED) is 0.485. The standard InChI is InChI=1S/C21H22ClN3O4/c1-2-12-25(17-6-4-3-5-7-17)19(26)14-29-20(27)13-18(24-21(23)28)15-8-10-16(22)11-9-15/h2-11,18H,1,12-14H2,(H3,23,24,28)/t18-/m0/s1. The lowest BCUT2D eigenvalue weighted by Crippen LogP contribution is -2.36. The van der Waals surface area contributed by atoms with Gasteiger partial charge in [0.15, 0.2) is 6.61 Å². The summed E-state index contributed by atoms with van der Waals surface area (Å²) in [5.74, 6) is -1.05. The van der Waals surface area contributed by atoms with Gasteiger partial charge in [-0.1, -0.05) is 48.0 Å². The van der Waals surface area contributed by atoms with Crippen LogP contribution in [0.5, 0.6) is 0 Å². The van der Waals surface area contributed by atoms with E-state index in [0.29, 0.717) is 16.3 Å². The summed E-state index contributed by atoms with van der Waals surface area (Å²) in [7, 11) is 0. The molecule has 0 heterocycles. The molecule has 2 rings (SSSR count). The van der Waals surface area contributed by atoms with Gasteiger partial charge in [0, 0.05) is 17.3 Å². The van der Waals surface area contributed by atoms with Crippen molar-refractivity contribution in [2.45, 2.75) is 12.5 Å². The molecule has 0 unspecified atom stereocenters. The number of hydrogen-bond donors (Lipinski definition) is 2. The van der Waals surface area contributed by atoms with Crippen molar-refractivity contribution >= 4 is 35.2 Å². The number of rotatable bonds is 9. The number of esters is 1. The van der Waals surface area contributed by atoms with Gasteiger partial charge in [-0.25, -0.2) is 4.79 Å². The summed E-state index contributed by atoms with van der Waals surface area (Å²) < 4.78 is 5.13. The van der Waals surface area contributed by atoms with Crippen molar-refractivity contribution in [1.29, 1.82) is 0 Å². The monoisotopic (exact) mass is 415 g/mol. The molecule has 0 aromatic heterocycles. The smallest absolute Gasteiger partial charge is 0.312 e. The zero-order valence-electron chi connectivity index (χ0n) is 15.7. The third-order valence-corrected chi connectivity index (χ3v) is 4.25. The maximum atomic E-state index is 12.5. The number of carbonyl (C=O) groups is 3. The van der Waals surface area contributed by atoms with Crippen molar-refractivity contribution in [1.82, 2.24) is 5.32 Å². The fourth-order valence-corrected chi connectivity index (χ4v) is 2.78. The highest BCUT2D eigenvalue weighted by Gasteiger charge is 2.21. The first kappa shape index (κ1) is 22.0. The molecule has 0 saturated heterocycles. The third kappa shape index (κ3) is 6.97. The molecule has 7 nitrogen and oxygen atoms in total. The summed E-state index contributed by atoms with van der Waals surface area (Å²) in [6.07, 6.45) is 1.39. The van der Waals surface area contributed by atoms with E-state index in [1.165, 1.54) is 4.90 Å². The fourth-order valence-electron chi connectivity index (χ4n) is 2.65. The molecule has 152 valence electrons. The third-order valence-electron chi connectivity index (χ3n) is 4.00. The predicted octanol–water partition coefficient (Wildman–Crippen LogP) is 3.20. The Morgan fingerprint density at radius 1 is 1.14 bits per heavy atom. The summed E-state index contributed by atoms with van der Waals surface area (Å²) in [6.45, 7) is 3.48. The number of urea groups is 1. The van der Waals surface area contributed by atoms with E-state index in [4.69, 9.17) is 22.1 Å². The number of para-hydroxylation sites is 1. The van der Waals surface area contributed by atoms with Gasteiger partial charge in [0.05, 0.1) is 12.5 Å². The number of nitrogens with one attached hydrogen (secondary N) is 1. The number of nitrogens with zero attached hydrogens (tertiary/aromatic N) is 1. The minimum Gasteiger partial charge on any atom is -0.455 e. The van der Waals surface area contributed by atoms with E-state index in [1.807, 2.05) is 6.07 Å². The van der Waals surface area contributed by atoms with Gasteiger partial charge in [-0.3, -0.25) is 9.59 Å². The van der Waals surface area contributed by atoms with E-state index >= 15 is 0 Å². The van der Waals surface area contributed by atoms with Crippen LogP contribution in [-0.4, -0.2) is 31.1 Å². The van der Waals surface area contributed by atoms with Gasteiger partial charge in [0.25, 0.3) is 5.91 Å². The van der Waals surface area contributed by atoms with Gasteiger partial charge in [-0.15, -0.1) is 6.58 Å². The Kier molecular flexibility index (Phi) is 8.24. The first-order valence-electron chi connectivity index (χ1n) is 8.84. The lowest BCUT2D eigenvalue weighted by Gasteiger charge is -2.21. The second-order valence-electron chi connectivity index (χ2n) is 6.11. The van der Waals surface area contributed by atoms with Crippen LogP contribution in [0.2, 0.25) is 5.02 Å². The molecule has 2 aromatic carbocycles. The molecule has 3 N–H and O–H groups in total. The highest BCUT2D eigenvalue weighted by atomic mass is 35.5. The van der Waals surface area contributed by atoms with Crippen molar-refractivity contribution < 1.29 is 19.1 Å². The van der Waals surface area contributed by atoms with E-state index < -0.39 is 30.6 Å². The van der Waals surface area contributed by atoms with Crippen molar-refractivity contribution in [2.75, 3.05) is 18.1 Å². The van der Waals surface area contributed by atoms with E-state index in [1.54, 1.807) is 54.6 Å². The number of nitrogens with two attached hydrogens (primary N) is 1. The summed E-state index contributed by atoms with van der Waals surface area (Å²) in [6, 6.07) is 14.1. The highest BCUT2D eigenvalue weighted by Crippen LogP contribution is 2.20. The first-order chi connectivity index (χ1) is 13.9. The molecule has 1 atom stereocenters. The summed E-state index contributed by atoms with van der Waals surface area (Å²) in [5, 5.41) is 3.01. The van der Waals surface area contributed by atoms with Gasteiger partial charge in [0.1, 0.15) is 0 Å². The SMILES string of the molecule is C=CCN(C(=O)COC(=O)C[C@H](NC(N)=O)c1ccc(Cl)cc1)c1ccccc1. The topological polar surface area (TPSA) is 102 Å². The molecule has 0 aliphatic carbocycles. The van der Waals surface area contributed by atoms with Crippen LogP contribution in [-0.2, 0) is 14.3 Å². The number of carbonyl (C=O) groups excluding carboxylic acids is 3. The van der Waals surface area contributed by atoms with Crippen molar-refractivity contribution in [2.24, 2.45) is 5.73 Å². The lowest BCUT2D eigenvalue weighted by molar-refractivity contribution is -0.148. The van der Waals surface area contributed by atoms with Crippen LogP contribution in [0.1, 0.15) is 18.0 Å². The van der Waals surface area contributed by atoms with Crippen LogP contribution in [0.25, 0.3) is 0 Å². The number of primary amides is 1. The number of halogens is 1. The van der Waals surface area contributed by atoms with Crippen LogP contribution in [0, 0.1) is 0 Å². The molecule has 0 saturated carbocycles. The Morgan fingerprint density at radius 2 is 1.79 bits per heavy atom. The van der Waals surface area contributed by atoms with Gasteiger partial charge >= 0.3 is 12.0 Å². The van der Waals surface area contributed by atoms with E-state index in [-0.39, 0.29) is 13.0 Å². The second-order valence-corrected chi connectivity index (χ2v) is 6.54. The summed E-state index contributed by atoms with van der Waals surface area (Å²) >= 11 is 5.87. The molecule has 3 amide bonds. The average molecular weight is 416 g/mol. The molecule has 2 aromatic rings. The number of benzene rings is 2. The molecular weight excluding hydrogens is 394 g/mol. The van der Waals surface area contributed by atoms with E-state index in [9.17, 15) is 14.4 Å². The molecule has 0 spiro atoms. The lowest BCUT2D eigenvalue weighted by atomic mass is 10.0. The summed E-state index contributed by atoms with van der Waals surface area (Å²) in [5.41, 5.74) is 6.50. The number of amides is 3. The molecule has 8 heteroatoms. The number of anilines is 1. The largest absolute Gasteiger partial charge is 0.455 e. The minimum atomic E-state index is -0.782. The Labute approximate surface area is 174 Å². The Bertz CT molecular complexity index is 856. The maximum Gasteiger partial charge on any atom is 0.312 e. The van der Waals surface area contributed by atoms with Crippen molar-refractivity contribution in [3.8, 4) is 0 Å². The van der Waals surface area contributed by atoms with Crippen LogP contribution < -0.4 is 16.0 Å². The maximum absolute atomic E-state index is 12.5. The average Bonchev–Trinajstić information content (AvgIpc) is 2.70. The van der Waals surface area contributed by atoms with Gasteiger partial charge in [-0.2, -0.15) is 0 Å².